The van der Waals surface area contributed by atoms with Gasteiger partial charge in [-0.2, -0.15) is 0 Å². The number of hydrogen-bond donors (Lipinski definition) is 1. The zero-order chi connectivity index (χ0) is 23.7. The summed E-state index contributed by atoms with van der Waals surface area (Å²) in [6.07, 6.45) is 5.17. The van der Waals surface area contributed by atoms with Crippen molar-refractivity contribution in [2.75, 3.05) is 19.8 Å². The number of rotatable bonds is 7. The number of likely N-dealkylation sites (tertiary alicyclic amines) is 1. The van der Waals surface area contributed by atoms with Gasteiger partial charge in [0.1, 0.15) is 5.82 Å². The summed E-state index contributed by atoms with van der Waals surface area (Å²) in [6.45, 7) is 6.05. The van der Waals surface area contributed by atoms with Crippen molar-refractivity contribution in [3.05, 3.63) is 47.8 Å². The van der Waals surface area contributed by atoms with Crippen molar-refractivity contribution in [3.63, 3.8) is 0 Å². The van der Waals surface area contributed by atoms with Crippen molar-refractivity contribution in [1.82, 2.24) is 14.5 Å². The quantitative estimate of drug-likeness (QED) is 0.545. The number of fused-ring (bicyclic) bond motifs is 2. The molecule has 0 spiro atoms. The third-order valence-corrected chi connectivity index (χ3v) is 7.64. The van der Waals surface area contributed by atoms with Gasteiger partial charge >= 0.3 is 0 Å². The molecular weight excluding hydrogens is 452 g/mol. The summed E-state index contributed by atoms with van der Waals surface area (Å²) in [4.78, 5) is 7.43. The van der Waals surface area contributed by atoms with E-state index in [1.54, 1.807) is 12.1 Å². The van der Waals surface area contributed by atoms with E-state index in [1.165, 1.54) is 5.56 Å². The second-order valence-electron chi connectivity index (χ2n) is 9.11. The zero-order valence-corrected chi connectivity index (χ0v) is 20.4. The van der Waals surface area contributed by atoms with E-state index in [0.717, 1.165) is 68.0 Å². The molecule has 2 N–H and O–H groups in total. The average molecular weight is 485 g/mol. The molecule has 0 aliphatic carbocycles. The van der Waals surface area contributed by atoms with Gasteiger partial charge in [-0.25, -0.2) is 18.5 Å². The maximum Gasteiger partial charge on any atom is 0.238 e. The lowest BCUT2D eigenvalue weighted by molar-refractivity contribution is 0.238. The number of benzene rings is 2. The van der Waals surface area contributed by atoms with Gasteiger partial charge in [0.2, 0.25) is 10.0 Å². The van der Waals surface area contributed by atoms with Crippen LogP contribution in [0.4, 0.5) is 0 Å². The van der Waals surface area contributed by atoms with Gasteiger partial charge in [-0.15, -0.1) is 0 Å². The minimum Gasteiger partial charge on any atom is -0.490 e. The van der Waals surface area contributed by atoms with Crippen LogP contribution in [0.2, 0.25) is 0 Å². The molecule has 34 heavy (non-hydrogen) atoms. The van der Waals surface area contributed by atoms with Crippen LogP contribution >= 0.6 is 0 Å². The molecule has 3 heterocycles. The first-order valence-corrected chi connectivity index (χ1v) is 13.6. The maximum absolute atomic E-state index is 11.9. The number of aromatic nitrogens is 2. The Labute approximate surface area is 200 Å². The molecule has 5 rings (SSSR count). The smallest absolute Gasteiger partial charge is 0.238 e. The predicted octanol–water partition coefficient (Wildman–Crippen LogP) is 3.98. The van der Waals surface area contributed by atoms with Gasteiger partial charge in [0.25, 0.3) is 0 Å². The number of nitrogens with two attached hydrogens (primary N) is 1. The third kappa shape index (κ3) is 4.64. The maximum atomic E-state index is 11.9. The molecule has 2 aromatic carbocycles. The molecule has 0 amide bonds. The Morgan fingerprint density at radius 1 is 1.09 bits per heavy atom. The fourth-order valence-corrected chi connectivity index (χ4v) is 5.52. The normalized spacial score (nSPS) is 18.9. The number of nitrogens with zero attached hydrogens (tertiary/aromatic N) is 3. The summed E-state index contributed by atoms with van der Waals surface area (Å²) in [5, 5.41) is 5.36. The summed E-state index contributed by atoms with van der Waals surface area (Å²) in [5.41, 5.74) is 2.85. The Morgan fingerprint density at radius 3 is 2.71 bits per heavy atom. The van der Waals surface area contributed by atoms with E-state index in [1.807, 2.05) is 12.1 Å². The summed E-state index contributed by atoms with van der Waals surface area (Å²) >= 11 is 0. The highest BCUT2D eigenvalue weighted by atomic mass is 32.2. The zero-order valence-electron chi connectivity index (χ0n) is 19.6. The molecule has 1 atom stereocenters. The third-order valence-electron chi connectivity index (χ3n) is 6.73. The topological polar surface area (TPSA) is 99.7 Å². The van der Waals surface area contributed by atoms with Crippen molar-refractivity contribution in [3.8, 4) is 11.5 Å². The fraction of sp³-hybridized carbons (Fsp3) is 0.480. The summed E-state index contributed by atoms with van der Waals surface area (Å²) in [7, 11) is -3.77. The molecular formula is C25H32N4O4S. The van der Waals surface area contributed by atoms with Gasteiger partial charge < -0.3 is 14.0 Å². The first-order chi connectivity index (χ1) is 16.4. The molecule has 1 saturated heterocycles. The first kappa shape index (κ1) is 23.1. The molecule has 2 aliphatic rings. The second kappa shape index (κ2) is 9.56. The van der Waals surface area contributed by atoms with E-state index < -0.39 is 10.0 Å². The van der Waals surface area contributed by atoms with Crippen molar-refractivity contribution >= 4 is 21.1 Å². The fourth-order valence-electron chi connectivity index (χ4n) is 4.98. The molecule has 3 aromatic rings. The van der Waals surface area contributed by atoms with Crippen LogP contribution in [0.3, 0.4) is 0 Å². The largest absolute Gasteiger partial charge is 0.490 e. The molecule has 8 nitrogen and oxygen atoms in total. The van der Waals surface area contributed by atoms with Crippen LogP contribution in [-0.2, 0) is 23.1 Å². The minimum atomic E-state index is -3.77. The van der Waals surface area contributed by atoms with E-state index in [9.17, 15) is 8.42 Å². The van der Waals surface area contributed by atoms with Gasteiger partial charge in [0.15, 0.2) is 11.5 Å². The van der Waals surface area contributed by atoms with Crippen molar-refractivity contribution in [2.45, 2.75) is 63.1 Å². The SMILES string of the molecule is CCCCn1c(CN2CCC[C@H]2c2ccc3c(c2)OCCCO3)nc2cc(S(N)(=O)=O)ccc21. The lowest BCUT2D eigenvalue weighted by atomic mass is 10.0. The Kier molecular flexibility index (Phi) is 6.50. The number of imidazole rings is 1. The van der Waals surface area contributed by atoms with Gasteiger partial charge in [0, 0.05) is 19.0 Å². The lowest BCUT2D eigenvalue weighted by Crippen LogP contribution is -2.25. The molecule has 1 aromatic heterocycles. The van der Waals surface area contributed by atoms with Crippen molar-refractivity contribution in [2.24, 2.45) is 5.14 Å². The van der Waals surface area contributed by atoms with Crippen LogP contribution in [-0.4, -0.2) is 42.6 Å². The molecule has 0 saturated carbocycles. The molecule has 2 aliphatic heterocycles. The Morgan fingerprint density at radius 2 is 1.91 bits per heavy atom. The number of primary sulfonamides is 1. The molecule has 9 heteroatoms. The lowest BCUT2D eigenvalue weighted by Gasteiger charge is -2.25. The second-order valence-corrected chi connectivity index (χ2v) is 10.7. The Balaban J connectivity index is 1.46. The van der Waals surface area contributed by atoms with Gasteiger partial charge in [-0.1, -0.05) is 19.4 Å². The van der Waals surface area contributed by atoms with Gasteiger partial charge in [-0.3, -0.25) is 4.90 Å². The molecule has 182 valence electrons. The Bertz CT molecular complexity index is 1290. The molecule has 0 radical (unpaired) electrons. The predicted molar refractivity (Wildman–Crippen MR) is 130 cm³/mol. The highest BCUT2D eigenvalue weighted by molar-refractivity contribution is 7.89. The number of sulfonamides is 1. The van der Waals surface area contributed by atoms with E-state index >= 15 is 0 Å². The summed E-state index contributed by atoms with van der Waals surface area (Å²) in [5.74, 6) is 2.60. The van der Waals surface area contributed by atoms with Crippen molar-refractivity contribution < 1.29 is 17.9 Å². The number of ether oxygens (including phenoxy) is 2. The van der Waals surface area contributed by atoms with Crippen molar-refractivity contribution in [1.29, 1.82) is 0 Å². The van der Waals surface area contributed by atoms with Crippen LogP contribution in [0.5, 0.6) is 11.5 Å². The standard InChI is InChI=1S/C25H32N4O4S/c1-2-3-12-29-22-9-8-19(34(26,30)31)16-20(22)27-25(29)17-28-11-4-6-21(28)18-7-10-23-24(15-18)33-14-5-13-32-23/h7-10,15-16,21H,2-6,11-14,17H2,1H3,(H2,26,30,31)/t21-/m0/s1. The average Bonchev–Trinajstić information content (AvgIpc) is 3.33. The van der Waals surface area contributed by atoms with E-state index in [0.29, 0.717) is 25.3 Å². The van der Waals surface area contributed by atoms with Crippen LogP contribution in [0.1, 0.15) is 56.5 Å². The van der Waals surface area contributed by atoms with Crippen LogP contribution in [0.15, 0.2) is 41.3 Å². The highest BCUT2D eigenvalue weighted by Gasteiger charge is 2.29. The van der Waals surface area contributed by atoms with Crippen LogP contribution in [0.25, 0.3) is 11.0 Å². The molecule has 0 bridgehead atoms. The van der Waals surface area contributed by atoms with Gasteiger partial charge in [0.05, 0.1) is 35.7 Å². The van der Waals surface area contributed by atoms with E-state index in [4.69, 9.17) is 19.6 Å². The molecule has 0 unspecified atom stereocenters. The van der Waals surface area contributed by atoms with Crippen LogP contribution in [0, 0.1) is 0 Å². The van der Waals surface area contributed by atoms with Gasteiger partial charge in [-0.05, 0) is 61.7 Å². The Hall–Kier alpha value is -2.62. The molecule has 1 fully saturated rings. The number of hydrogen-bond acceptors (Lipinski definition) is 6. The monoisotopic (exact) mass is 484 g/mol. The minimum absolute atomic E-state index is 0.0953. The number of unbranched alkanes of at least 4 members (excludes halogenated alkanes) is 1. The van der Waals surface area contributed by atoms with E-state index in [-0.39, 0.29) is 10.9 Å². The van der Waals surface area contributed by atoms with Crippen LogP contribution < -0.4 is 14.6 Å². The van der Waals surface area contributed by atoms with E-state index in [2.05, 4.69) is 28.5 Å². The summed E-state index contributed by atoms with van der Waals surface area (Å²) in [6, 6.07) is 11.6. The summed E-state index contributed by atoms with van der Waals surface area (Å²) < 4.78 is 37.7. The number of aryl methyl sites for hydroxylation is 1. The first-order valence-electron chi connectivity index (χ1n) is 12.1. The highest BCUT2D eigenvalue weighted by Crippen LogP contribution is 2.38.